The molecule has 0 aromatic rings. The summed E-state index contributed by atoms with van der Waals surface area (Å²) in [6, 6.07) is -0.0570. The number of nitrogens with two attached hydrogens (primary N) is 1. The summed E-state index contributed by atoms with van der Waals surface area (Å²) < 4.78 is 0. The smallest absolute Gasteiger partial charge is 0.237 e. The Bertz CT molecular complexity index is 196. The van der Waals surface area contributed by atoms with Crippen LogP contribution in [0.15, 0.2) is 0 Å². The number of carbonyl (C=O) groups is 1. The molecule has 4 heteroatoms. The third-order valence-corrected chi connectivity index (χ3v) is 2.89. The zero-order valence-electron chi connectivity index (χ0n) is 9.05. The largest absolute Gasteiger partial charge is 0.352 e. The van der Waals surface area contributed by atoms with Crippen LogP contribution in [0.1, 0.15) is 26.7 Å². The van der Waals surface area contributed by atoms with Crippen LogP contribution in [0, 0.1) is 5.92 Å². The van der Waals surface area contributed by atoms with Gasteiger partial charge in [0, 0.05) is 6.04 Å². The summed E-state index contributed by atoms with van der Waals surface area (Å²) in [5.74, 6) is 0.489. The van der Waals surface area contributed by atoms with Crippen molar-refractivity contribution in [1.29, 1.82) is 0 Å². The van der Waals surface area contributed by atoms with E-state index in [1.54, 1.807) is 0 Å². The Hall–Kier alpha value is -0.610. The standard InChI is InChI=1S/C10H21N3O/c1-3-8(11)10(14)13-9-4-5-12-6-7(9)2/h7-9,12H,3-6,11H2,1-2H3,(H,13,14). The molecule has 1 aliphatic rings. The maximum Gasteiger partial charge on any atom is 0.237 e. The molecule has 0 spiro atoms. The molecule has 1 aliphatic heterocycles. The average Bonchev–Trinajstić information content (AvgIpc) is 2.20. The Morgan fingerprint density at radius 2 is 2.43 bits per heavy atom. The Morgan fingerprint density at radius 1 is 1.71 bits per heavy atom. The van der Waals surface area contributed by atoms with Crippen LogP contribution in [0.4, 0.5) is 0 Å². The molecule has 1 heterocycles. The van der Waals surface area contributed by atoms with Crippen molar-refractivity contribution < 1.29 is 4.79 Å². The van der Waals surface area contributed by atoms with Crippen molar-refractivity contribution in [3.05, 3.63) is 0 Å². The Kier molecular flexibility index (Phi) is 4.35. The van der Waals surface area contributed by atoms with Gasteiger partial charge in [-0.25, -0.2) is 0 Å². The average molecular weight is 199 g/mol. The van der Waals surface area contributed by atoms with Crippen LogP contribution in [0.3, 0.4) is 0 Å². The molecule has 1 saturated heterocycles. The molecular formula is C10H21N3O. The number of carbonyl (C=O) groups excluding carboxylic acids is 1. The normalized spacial score (nSPS) is 29.6. The Balaban J connectivity index is 2.38. The van der Waals surface area contributed by atoms with Crippen molar-refractivity contribution in [2.45, 2.75) is 38.8 Å². The van der Waals surface area contributed by atoms with E-state index in [0.29, 0.717) is 18.4 Å². The second-order valence-corrected chi connectivity index (χ2v) is 4.10. The zero-order valence-corrected chi connectivity index (χ0v) is 9.05. The Morgan fingerprint density at radius 3 is 3.00 bits per heavy atom. The fraction of sp³-hybridized carbons (Fsp3) is 0.900. The van der Waals surface area contributed by atoms with Crippen molar-refractivity contribution in [2.24, 2.45) is 11.7 Å². The molecular weight excluding hydrogens is 178 g/mol. The summed E-state index contributed by atoms with van der Waals surface area (Å²) in [7, 11) is 0. The lowest BCUT2D eigenvalue weighted by Gasteiger charge is -2.30. The zero-order chi connectivity index (χ0) is 10.6. The van der Waals surface area contributed by atoms with Gasteiger partial charge in [0.25, 0.3) is 0 Å². The van der Waals surface area contributed by atoms with Crippen LogP contribution in [0.2, 0.25) is 0 Å². The molecule has 82 valence electrons. The molecule has 0 aliphatic carbocycles. The SMILES string of the molecule is CCC(N)C(=O)NC1CCNCC1C. The van der Waals surface area contributed by atoms with E-state index in [1.165, 1.54) is 0 Å². The lowest BCUT2D eigenvalue weighted by Crippen LogP contribution is -2.52. The first-order valence-electron chi connectivity index (χ1n) is 5.41. The summed E-state index contributed by atoms with van der Waals surface area (Å²) in [5.41, 5.74) is 5.65. The van der Waals surface area contributed by atoms with Crippen LogP contribution in [-0.2, 0) is 4.79 Å². The van der Waals surface area contributed by atoms with E-state index in [9.17, 15) is 4.79 Å². The van der Waals surface area contributed by atoms with Gasteiger partial charge in [-0.1, -0.05) is 13.8 Å². The van der Waals surface area contributed by atoms with Crippen molar-refractivity contribution in [1.82, 2.24) is 10.6 Å². The highest BCUT2D eigenvalue weighted by Crippen LogP contribution is 2.10. The first-order chi connectivity index (χ1) is 6.65. The lowest BCUT2D eigenvalue weighted by molar-refractivity contribution is -0.123. The molecule has 0 bridgehead atoms. The highest BCUT2D eigenvalue weighted by Gasteiger charge is 2.23. The molecule has 14 heavy (non-hydrogen) atoms. The van der Waals surface area contributed by atoms with E-state index in [1.807, 2.05) is 6.92 Å². The Labute approximate surface area is 85.6 Å². The lowest BCUT2D eigenvalue weighted by atomic mass is 9.95. The summed E-state index contributed by atoms with van der Waals surface area (Å²) in [5, 5.41) is 6.31. The maximum absolute atomic E-state index is 11.5. The van der Waals surface area contributed by atoms with Crippen molar-refractivity contribution >= 4 is 5.91 Å². The molecule has 0 aromatic carbocycles. The van der Waals surface area contributed by atoms with Gasteiger partial charge in [-0.3, -0.25) is 4.79 Å². The summed E-state index contributed by atoms with van der Waals surface area (Å²) in [6.45, 7) is 6.04. The molecule has 1 rings (SSSR count). The molecule has 1 fully saturated rings. The monoisotopic (exact) mass is 199 g/mol. The predicted molar refractivity (Wildman–Crippen MR) is 56.8 cm³/mol. The third-order valence-electron chi connectivity index (χ3n) is 2.89. The fourth-order valence-corrected chi connectivity index (χ4v) is 1.70. The van der Waals surface area contributed by atoms with E-state index in [4.69, 9.17) is 5.73 Å². The van der Waals surface area contributed by atoms with Gasteiger partial charge in [-0.15, -0.1) is 0 Å². The number of hydrogen-bond donors (Lipinski definition) is 3. The van der Waals surface area contributed by atoms with Gasteiger partial charge in [0.05, 0.1) is 6.04 Å². The minimum absolute atomic E-state index is 0.00810. The maximum atomic E-state index is 11.5. The van der Waals surface area contributed by atoms with Crippen LogP contribution in [0.25, 0.3) is 0 Å². The molecule has 4 nitrogen and oxygen atoms in total. The van der Waals surface area contributed by atoms with Crippen LogP contribution < -0.4 is 16.4 Å². The van der Waals surface area contributed by atoms with E-state index in [-0.39, 0.29) is 11.9 Å². The van der Waals surface area contributed by atoms with Crippen molar-refractivity contribution in [2.75, 3.05) is 13.1 Å². The highest BCUT2D eigenvalue weighted by atomic mass is 16.2. The first-order valence-corrected chi connectivity index (χ1v) is 5.41. The second-order valence-electron chi connectivity index (χ2n) is 4.10. The number of rotatable bonds is 3. The van der Waals surface area contributed by atoms with Gasteiger partial charge in [-0.05, 0) is 31.8 Å². The minimum atomic E-state index is -0.350. The first kappa shape index (κ1) is 11.5. The van der Waals surface area contributed by atoms with Crippen LogP contribution in [-0.4, -0.2) is 31.1 Å². The predicted octanol–water partition coefficient (Wildman–Crippen LogP) is -0.162. The number of amides is 1. The molecule has 3 atom stereocenters. The van der Waals surface area contributed by atoms with Crippen molar-refractivity contribution in [3.63, 3.8) is 0 Å². The van der Waals surface area contributed by atoms with Crippen molar-refractivity contribution in [3.8, 4) is 0 Å². The van der Waals surface area contributed by atoms with E-state index >= 15 is 0 Å². The summed E-state index contributed by atoms with van der Waals surface area (Å²) in [4.78, 5) is 11.5. The number of hydrogen-bond acceptors (Lipinski definition) is 3. The van der Waals surface area contributed by atoms with Gasteiger partial charge in [0.15, 0.2) is 0 Å². The molecule has 0 aromatic heterocycles. The van der Waals surface area contributed by atoms with Gasteiger partial charge in [0.2, 0.25) is 5.91 Å². The van der Waals surface area contributed by atoms with Gasteiger partial charge < -0.3 is 16.4 Å². The third kappa shape index (κ3) is 2.96. The number of piperidine rings is 1. The topological polar surface area (TPSA) is 67.2 Å². The molecule has 3 unspecified atom stereocenters. The van der Waals surface area contributed by atoms with E-state index in [0.717, 1.165) is 19.5 Å². The molecule has 1 amide bonds. The van der Waals surface area contributed by atoms with Crippen LogP contribution >= 0.6 is 0 Å². The van der Waals surface area contributed by atoms with E-state index < -0.39 is 0 Å². The number of nitrogens with one attached hydrogen (secondary N) is 2. The van der Waals surface area contributed by atoms with Gasteiger partial charge >= 0.3 is 0 Å². The fourth-order valence-electron chi connectivity index (χ4n) is 1.70. The van der Waals surface area contributed by atoms with Gasteiger partial charge in [-0.2, -0.15) is 0 Å². The van der Waals surface area contributed by atoms with Gasteiger partial charge in [0.1, 0.15) is 0 Å². The quantitative estimate of drug-likeness (QED) is 0.591. The molecule has 0 saturated carbocycles. The highest BCUT2D eigenvalue weighted by molar-refractivity contribution is 5.81. The summed E-state index contributed by atoms with van der Waals surface area (Å²) >= 11 is 0. The molecule has 0 radical (unpaired) electrons. The van der Waals surface area contributed by atoms with Crippen LogP contribution in [0.5, 0.6) is 0 Å². The van der Waals surface area contributed by atoms with E-state index in [2.05, 4.69) is 17.6 Å². The minimum Gasteiger partial charge on any atom is -0.352 e. The molecule has 4 N–H and O–H groups in total. The summed E-state index contributed by atoms with van der Waals surface area (Å²) in [6.07, 6.45) is 1.70. The second kappa shape index (κ2) is 5.32.